The summed E-state index contributed by atoms with van der Waals surface area (Å²) in [5.41, 5.74) is 0. The number of carbonyl (C=O) groups excluding carboxylic acids is 2. The third-order valence-electron chi connectivity index (χ3n) is 1.20. The highest BCUT2D eigenvalue weighted by Crippen LogP contribution is 2.11. The van der Waals surface area contributed by atoms with Gasteiger partial charge >= 0.3 is 0 Å². The number of amides is 1. The number of thioether (sulfide) groups is 1. The number of nitrogens with one attached hydrogen (secondary N) is 1. The summed E-state index contributed by atoms with van der Waals surface area (Å²) in [6.07, 6.45) is 3.12. The number of hydrogen-bond donors (Lipinski definition) is 1. The lowest BCUT2D eigenvalue weighted by Crippen LogP contribution is -2.30. The molecule has 0 saturated carbocycles. The van der Waals surface area contributed by atoms with Gasteiger partial charge < -0.3 is 5.32 Å². The average Bonchev–Trinajstić information content (AvgIpc) is 1.98. The lowest BCUT2D eigenvalue weighted by Gasteiger charge is -2.08. The van der Waals surface area contributed by atoms with Gasteiger partial charge in [-0.1, -0.05) is 0 Å². The minimum absolute atomic E-state index is 0.0926. The molecule has 0 aliphatic heterocycles. The molecule has 0 saturated heterocycles. The largest absolute Gasteiger partial charge is 0.349 e. The van der Waals surface area contributed by atoms with E-state index >= 15 is 0 Å². The van der Waals surface area contributed by atoms with Gasteiger partial charge in [-0.05, 0) is 33.1 Å². The summed E-state index contributed by atoms with van der Waals surface area (Å²) >= 11 is 1.28. The van der Waals surface area contributed by atoms with Crippen LogP contribution in [-0.2, 0) is 9.59 Å². The molecular weight excluding hydrogens is 186 g/mol. The van der Waals surface area contributed by atoms with Crippen LogP contribution < -0.4 is 5.32 Å². The molecule has 0 spiro atoms. The van der Waals surface area contributed by atoms with Gasteiger partial charge in [0.1, 0.15) is 0 Å². The van der Waals surface area contributed by atoms with Gasteiger partial charge in [0.05, 0.1) is 4.91 Å². The molecule has 0 aromatic heterocycles. The summed E-state index contributed by atoms with van der Waals surface area (Å²) in [5.74, 6) is -0.291. The van der Waals surface area contributed by atoms with E-state index < -0.39 is 0 Å². The molecule has 0 unspecified atom stereocenters. The summed E-state index contributed by atoms with van der Waals surface area (Å²) in [6.45, 7) is 5.19. The molecule has 1 amide bonds. The van der Waals surface area contributed by atoms with Crippen LogP contribution in [0.2, 0.25) is 0 Å². The Morgan fingerprint density at radius 2 is 1.92 bits per heavy atom. The van der Waals surface area contributed by atoms with Crippen LogP contribution in [-0.4, -0.2) is 24.0 Å². The lowest BCUT2D eigenvalue weighted by atomic mass is 10.3. The van der Waals surface area contributed by atoms with Gasteiger partial charge in [-0.15, -0.1) is 11.8 Å². The number of rotatable bonds is 4. The zero-order chi connectivity index (χ0) is 10.4. The minimum atomic E-state index is -0.183. The first-order valence-corrected chi connectivity index (χ1v) is 5.27. The molecule has 0 heterocycles. The standard InChI is InChI=1S/C9H15NO2S/c1-6(2)10-9(12)8(13-4)5-7(3)11/h5-6H,1-4H3,(H,10,12)/b8-5+. The van der Waals surface area contributed by atoms with Crippen molar-refractivity contribution in [1.29, 1.82) is 0 Å². The molecule has 0 aromatic carbocycles. The molecule has 0 aromatic rings. The maximum Gasteiger partial charge on any atom is 0.258 e. The van der Waals surface area contributed by atoms with Gasteiger partial charge in [0.25, 0.3) is 5.91 Å². The molecular formula is C9H15NO2S. The molecule has 13 heavy (non-hydrogen) atoms. The summed E-state index contributed by atoms with van der Waals surface area (Å²) in [4.78, 5) is 22.6. The molecule has 0 aliphatic carbocycles. The topological polar surface area (TPSA) is 46.2 Å². The number of hydrogen-bond acceptors (Lipinski definition) is 3. The number of allylic oxidation sites excluding steroid dienone is 1. The van der Waals surface area contributed by atoms with E-state index in [1.165, 1.54) is 24.8 Å². The van der Waals surface area contributed by atoms with Crippen molar-refractivity contribution in [3.8, 4) is 0 Å². The fourth-order valence-corrected chi connectivity index (χ4v) is 1.26. The summed E-state index contributed by atoms with van der Waals surface area (Å²) in [5, 5.41) is 2.72. The van der Waals surface area contributed by atoms with Crippen LogP contribution in [0, 0.1) is 0 Å². The van der Waals surface area contributed by atoms with E-state index in [2.05, 4.69) is 5.32 Å². The van der Waals surface area contributed by atoms with Crippen molar-refractivity contribution in [2.75, 3.05) is 6.26 Å². The predicted octanol–water partition coefficient (Wildman–Crippen LogP) is 1.35. The van der Waals surface area contributed by atoms with E-state index in [1.807, 2.05) is 13.8 Å². The van der Waals surface area contributed by atoms with Crippen molar-refractivity contribution in [2.45, 2.75) is 26.8 Å². The Labute approximate surface area is 83.0 Å². The van der Waals surface area contributed by atoms with Crippen LogP contribution in [0.5, 0.6) is 0 Å². The van der Waals surface area contributed by atoms with Crippen molar-refractivity contribution < 1.29 is 9.59 Å². The Kier molecular flexibility index (Phi) is 5.46. The zero-order valence-corrected chi connectivity index (χ0v) is 9.20. The van der Waals surface area contributed by atoms with Crippen LogP contribution in [0.4, 0.5) is 0 Å². The first-order chi connectivity index (χ1) is 5.97. The highest BCUT2D eigenvalue weighted by Gasteiger charge is 2.09. The van der Waals surface area contributed by atoms with Gasteiger partial charge in [-0.2, -0.15) is 0 Å². The summed E-state index contributed by atoms with van der Waals surface area (Å²) in [6, 6.07) is 0.0926. The molecule has 0 bridgehead atoms. The smallest absolute Gasteiger partial charge is 0.258 e. The molecule has 3 nitrogen and oxygen atoms in total. The monoisotopic (exact) mass is 201 g/mol. The van der Waals surface area contributed by atoms with Gasteiger partial charge in [-0.3, -0.25) is 9.59 Å². The van der Waals surface area contributed by atoms with Crippen LogP contribution in [0.3, 0.4) is 0 Å². The van der Waals surface area contributed by atoms with Crippen molar-refractivity contribution in [2.24, 2.45) is 0 Å². The van der Waals surface area contributed by atoms with Crippen LogP contribution >= 0.6 is 11.8 Å². The third-order valence-corrected chi connectivity index (χ3v) is 1.94. The normalized spacial score (nSPS) is 11.6. The summed E-state index contributed by atoms with van der Waals surface area (Å²) in [7, 11) is 0. The van der Waals surface area contributed by atoms with E-state index in [-0.39, 0.29) is 17.7 Å². The quantitative estimate of drug-likeness (QED) is 0.698. The Bertz CT molecular complexity index is 234. The molecule has 1 N–H and O–H groups in total. The highest BCUT2D eigenvalue weighted by atomic mass is 32.2. The minimum Gasteiger partial charge on any atom is -0.349 e. The van der Waals surface area contributed by atoms with Gasteiger partial charge in [-0.25, -0.2) is 0 Å². The van der Waals surface area contributed by atoms with E-state index in [0.717, 1.165) is 0 Å². The van der Waals surface area contributed by atoms with E-state index in [0.29, 0.717) is 4.91 Å². The Hall–Kier alpha value is -0.770. The van der Waals surface area contributed by atoms with Crippen LogP contribution in [0.15, 0.2) is 11.0 Å². The second kappa shape index (κ2) is 5.80. The maximum atomic E-state index is 11.4. The van der Waals surface area contributed by atoms with Gasteiger partial charge in [0.15, 0.2) is 5.78 Å². The van der Waals surface area contributed by atoms with Gasteiger partial charge in [0.2, 0.25) is 0 Å². The highest BCUT2D eigenvalue weighted by molar-refractivity contribution is 8.03. The Balaban J connectivity index is 4.41. The van der Waals surface area contributed by atoms with E-state index in [1.54, 1.807) is 6.26 Å². The van der Waals surface area contributed by atoms with Crippen LogP contribution in [0.25, 0.3) is 0 Å². The maximum absolute atomic E-state index is 11.4. The molecule has 0 atom stereocenters. The van der Waals surface area contributed by atoms with Gasteiger partial charge in [0, 0.05) is 6.04 Å². The van der Waals surface area contributed by atoms with Crippen molar-refractivity contribution in [1.82, 2.24) is 5.32 Å². The first-order valence-electron chi connectivity index (χ1n) is 4.04. The lowest BCUT2D eigenvalue weighted by molar-refractivity contribution is -0.118. The second-order valence-corrected chi connectivity index (χ2v) is 3.80. The van der Waals surface area contributed by atoms with E-state index in [9.17, 15) is 9.59 Å². The predicted molar refractivity (Wildman–Crippen MR) is 55.6 cm³/mol. The van der Waals surface area contributed by atoms with Crippen molar-refractivity contribution in [3.05, 3.63) is 11.0 Å². The molecule has 74 valence electrons. The van der Waals surface area contributed by atoms with Crippen molar-refractivity contribution in [3.63, 3.8) is 0 Å². The Morgan fingerprint density at radius 1 is 1.38 bits per heavy atom. The fourth-order valence-electron chi connectivity index (χ4n) is 0.735. The second-order valence-electron chi connectivity index (χ2n) is 2.95. The average molecular weight is 201 g/mol. The SMILES string of the molecule is CS/C(=C/C(C)=O)C(=O)NC(C)C. The van der Waals surface area contributed by atoms with Crippen molar-refractivity contribution >= 4 is 23.5 Å². The first kappa shape index (κ1) is 12.2. The molecule has 4 heteroatoms. The van der Waals surface area contributed by atoms with Crippen LogP contribution in [0.1, 0.15) is 20.8 Å². The zero-order valence-electron chi connectivity index (χ0n) is 8.38. The van der Waals surface area contributed by atoms with E-state index in [4.69, 9.17) is 0 Å². The number of ketones is 1. The number of carbonyl (C=O) groups is 2. The third kappa shape index (κ3) is 5.47. The molecule has 0 radical (unpaired) electrons. The molecule has 0 fully saturated rings. The molecule has 0 aliphatic rings. The Morgan fingerprint density at radius 3 is 2.23 bits per heavy atom. The molecule has 0 rings (SSSR count). The summed E-state index contributed by atoms with van der Waals surface area (Å²) < 4.78 is 0. The fraction of sp³-hybridized carbons (Fsp3) is 0.556.